The Morgan fingerprint density at radius 2 is 2.19 bits per heavy atom. The molecular formula is C12H11ClN2O. The van der Waals surface area contributed by atoms with E-state index in [4.69, 9.17) is 11.6 Å². The Kier molecular flexibility index (Phi) is 1.46. The number of anilines is 1. The normalized spacial score (nSPS) is 25.1. The van der Waals surface area contributed by atoms with Gasteiger partial charge in [-0.1, -0.05) is 11.6 Å². The van der Waals surface area contributed by atoms with Gasteiger partial charge in [0.05, 0.1) is 11.1 Å². The SMILES string of the molecule is O=C1N(C2CC2)c2cc(Cl)ncc2C12CC2. The second-order valence-electron chi connectivity index (χ2n) is 5.01. The minimum Gasteiger partial charge on any atom is -0.308 e. The van der Waals surface area contributed by atoms with Gasteiger partial charge in [0.25, 0.3) is 0 Å². The highest BCUT2D eigenvalue weighted by Crippen LogP contribution is 2.59. The molecule has 0 bridgehead atoms. The van der Waals surface area contributed by atoms with Crippen LogP contribution in [0, 0.1) is 0 Å². The highest BCUT2D eigenvalue weighted by molar-refractivity contribution is 6.30. The van der Waals surface area contributed by atoms with Crippen molar-refractivity contribution in [1.29, 1.82) is 0 Å². The van der Waals surface area contributed by atoms with E-state index in [0.29, 0.717) is 11.2 Å². The first-order valence-electron chi connectivity index (χ1n) is 5.72. The Hall–Kier alpha value is -1.09. The number of halogens is 1. The fraction of sp³-hybridized carbons (Fsp3) is 0.500. The first-order chi connectivity index (χ1) is 7.72. The number of aromatic nitrogens is 1. The molecule has 2 heterocycles. The molecule has 1 aromatic heterocycles. The molecule has 16 heavy (non-hydrogen) atoms. The minimum atomic E-state index is -0.213. The molecule has 4 heteroatoms. The summed E-state index contributed by atoms with van der Waals surface area (Å²) in [5.74, 6) is 0.286. The molecule has 2 fully saturated rings. The zero-order valence-electron chi connectivity index (χ0n) is 8.74. The second kappa shape index (κ2) is 2.59. The molecule has 3 nitrogen and oxygen atoms in total. The molecule has 4 rings (SSSR count). The first kappa shape index (κ1) is 8.99. The number of amides is 1. The van der Waals surface area contributed by atoms with Crippen LogP contribution in [0.1, 0.15) is 31.2 Å². The van der Waals surface area contributed by atoms with E-state index < -0.39 is 0 Å². The van der Waals surface area contributed by atoms with Gasteiger partial charge in [0.1, 0.15) is 5.15 Å². The summed E-state index contributed by atoms with van der Waals surface area (Å²) in [4.78, 5) is 18.5. The Morgan fingerprint density at radius 1 is 1.44 bits per heavy atom. The summed E-state index contributed by atoms with van der Waals surface area (Å²) in [6.45, 7) is 0. The highest BCUT2D eigenvalue weighted by atomic mass is 35.5. The van der Waals surface area contributed by atoms with Crippen molar-refractivity contribution in [3.8, 4) is 0 Å². The molecule has 2 saturated carbocycles. The van der Waals surface area contributed by atoms with E-state index in [0.717, 1.165) is 36.9 Å². The van der Waals surface area contributed by atoms with E-state index in [1.54, 1.807) is 6.20 Å². The zero-order chi connectivity index (χ0) is 10.9. The Bertz CT molecular complexity index is 506. The number of pyridine rings is 1. The molecule has 3 aliphatic rings. The van der Waals surface area contributed by atoms with Crippen LogP contribution in [0.15, 0.2) is 12.3 Å². The van der Waals surface area contributed by atoms with Crippen molar-refractivity contribution in [2.45, 2.75) is 37.1 Å². The van der Waals surface area contributed by atoms with E-state index in [1.807, 2.05) is 11.0 Å². The Labute approximate surface area is 98.4 Å². The fourth-order valence-electron chi connectivity index (χ4n) is 2.75. The number of carbonyl (C=O) groups is 1. The van der Waals surface area contributed by atoms with Crippen molar-refractivity contribution in [3.05, 3.63) is 23.0 Å². The predicted octanol–water partition coefficient (Wildman–Crippen LogP) is 2.28. The van der Waals surface area contributed by atoms with Crippen LogP contribution >= 0.6 is 11.6 Å². The molecule has 0 atom stereocenters. The van der Waals surface area contributed by atoms with Gasteiger partial charge in [0.15, 0.2) is 0 Å². The van der Waals surface area contributed by atoms with Gasteiger partial charge in [-0.2, -0.15) is 0 Å². The fourth-order valence-corrected chi connectivity index (χ4v) is 2.90. The number of hydrogen-bond donors (Lipinski definition) is 0. The van der Waals surface area contributed by atoms with Gasteiger partial charge >= 0.3 is 0 Å². The third kappa shape index (κ3) is 0.950. The van der Waals surface area contributed by atoms with E-state index in [2.05, 4.69) is 4.98 Å². The van der Waals surface area contributed by atoms with Crippen LogP contribution < -0.4 is 4.90 Å². The van der Waals surface area contributed by atoms with E-state index in [1.165, 1.54) is 0 Å². The molecular weight excluding hydrogens is 224 g/mol. The summed E-state index contributed by atoms with van der Waals surface area (Å²) in [6.07, 6.45) is 6.00. The van der Waals surface area contributed by atoms with Gasteiger partial charge in [-0.05, 0) is 31.7 Å². The van der Waals surface area contributed by atoms with Crippen molar-refractivity contribution < 1.29 is 4.79 Å². The van der Waals surface area contributed by atoms with Crippen molar-refractivity contribution in [2.24, 2.45) is 0 Å². The average Bonchev–Trinajstić information content (AvgIpc) is 3.11. The maximum atomic E-state index is 12.4. The van der Waals surface area contributed by atoms with Gasteiger partial charge in [-0.15, -0.1) is 0 Å². The summed E-state index contributed by atoms with van der Waals surface area (Å²) in [6, 6.07) is 2.27. The molecule has 0 radical (unpaired) electrons. The molecule has 0 unspecified atom stereocenters. The van der Waals surface area contributed by atoms with Crippen LogP contribution in [0.5, 0.6) is 0 Å². The summed E-state index contributed by atoms with van der Waals surface area (Å²) < 4.78 is 0. The maximum absolute atomic E-state index is 12.4. The molecule has 1 aromatic rings. The molecule has 1 amide bonds. The monoisotopic (exact) mass is 234 g/mol. The summed E-state index contributed by atoms with van der Waals surface area (Å²) >= 11 is 5.93. The Morgan fingerprint density at radius 3 is 2.81 bits per heavy atom. The van der Waals surface area contributed by atoms with Gasteiger partial charge in [0.2, 0.25) is 5.91 Å². The standard InChI is InChI=1S/C12H11ClN2O/c13-10-5-9-8(6-14-10)12(3-4-12)11(16)15(9)7-1-2-7/h5-7H,1-4H2. The minimum absolute atomic E-state index is 0.213. The van der Waals surface area contributed by atoms with Crippen molar-refractivity contribution >= 4 is 23.2 Å². The van der Waals surface area contributed by atoms with Crippen LogP contribution in [0.25, 0.3) is 0 Å². The Balaban J connectivity index is 1.93. The van der Waals surface area contributed by atoms with Crippen LogP contribution in [-0.4, -0.2) is 16.9 Å². The lowest BCUT2D eigenvalue weighted by Gasteiger charge is -2.16. The average molecular weight is 235 g/mol. The highest BCUT2D eigenvalue weighted by Gasteiger charge is 2.61. The molecule has 1 aliphatic heterocycles. The topological polar surface area (TPSA) is 33.2 Å². The molecule has 0 saturated heterocycles. The quantitative estimate of drug-likeness (QED) is 0.699. The first-order valence-corrected chi connectivity index (χ1v) is 6.10. The lowest BCUT2D eigenvalue weighted by Crippen LogP contribution is -2.33. The van der Waals surface area contributed by atoms with Crippen molar-refractivity contribution in [3.63, 3.8) is 0 Å². The number of rotatable bonds is 1. The maximum Gasteiger partial charge on any atom is 0.238 e. The lowest BCUT2D eigenvalue weighted by atomic mass is 10.0. The van der Waals surface area contributed by atoms with Crippen molar-refractivity contribution in [1.82, 2.24) is 4.98 Å². The van der Waals surface area contributed by atoms with Gasteiger partial charge in [-0.25, -0.2) is 4.98 Å². The number of fused-ring (bicyclic) bond motifs is 2. The van der Waals surface area contributed by atoms with Crippen molar-refractivity contribution in [2.75, 3.05) is 4.90 Å². The predicted molar refractivity (Wildman–Crippen MR) is 60.7 cm³/mol. The van der Waals surface area contributed by atoms with Gasteiger partial charge < -0.3 is 4.90 Å². The van der Waals surface area contributed by atoms with Crippen LogP contribution in [-0.2, 0) is 10.2 Å². The molecule has 0 aromatic carbocycles. The van der Waals surface area contributed by atoms with E-state index >= 15 is 0 Å². The molecule has 1 spiro atoms. The van der Waals surface area contributed by atoms with Gasteiger partial charge in [0, 0.05) is 17.8 Å². The number of hydrogen-bond acceptors (Lipinski definition) is 2. The van der Waals surface area contributed by atoms with Crippen LogP contribution in [0.4, 0.5) is 5.69 Å². The number of carbonyl (C=O) groups excluding carboxylic acids is 1. The largest absolute Gasteiger partial charge is 0.308 e. The zero-order valence-corrected chi connectivity index (χ0v) is 9.50. The number of nitrogens with zero attached hydrogens (tertiary/aromatic N) is 2. The molecule has 82 valence electrons. The third-order valence-corrected chi connectivity index (χ3v) is 4.12. The smallest absolute Gasteiger partial charge is 0.238 e. The van der Waals surface area contributed by atoms with Crippen LogP contribution in [0.2, 0.25) is 5.15 Å². The third-order valence-electron chi connectivity index (χ3n) is 3.91. The van der Waals surface area contributed by atoms with Gasteiger partial charge in [-0.3, -0.25) is 4.79 Å². The van der Waals surface area contributed by atoms with E-state index in [9.17, 15) is 4.79 Å². The summed E-state index contributed by atoms with van der Waals surface area (Å²) in [5.41, 5.74) is 1.91. The molecule has 0 N–H and O–H groups in total. The molecule has 2 aliphatic carbocycles. The summed E-state index contributed by atoms with van der Waals surface area (Å²) in [5, 5.41) is 0.481. The van der Waals surface area contributed by atoms with Crippen LogP contribution in [0.3, 0.4) is 0 Å². The van der Waals surface area contributed by atoms with E-state index in [-0.39, 0.29) is 11.3 Å². The lowest BCUT2D eigenvalue weighted by molar-refractivity contribution is -0.120. The summed E-state index contributed by atoms with van der Waals surface area (Å²) in [7, 11) is 0. The second-order valence-corrected chi connectivity index (χ2v) is 5.40.